The summed E-state index contributed by atoms with van der Waals surface area (Å²) in [4.78, 5) is 0. The fourth-order valence-corrected chi connectivity index (χ4v) is 2.48. The van der Waals surface area contributed by atoms with E-state index in [4.69, 9.17) is 10.00 Å². The van der Waals surface area contributed by atoms with Gasteiger partial charge in [0.15, 0.2) is 17.3 Å². The summed E-state index contributed by atoms with van der Waals surface area (Å²) in [5, 5.41) is 18.6. The lowest BCUT2D eigenvalue weighted by Crippen LogP contribution is -2.18. The second-order valence-electron chi connectivity index (χ2n) is 5.82. The Morgan fingerprint density at radius 2 is 1.84 bits per heavy atom. The van der Waals surface area contributed by atoms with Crippen LogP contribution in [0.15, 0.2) is 36.4 Å². The third-order valence-corrected chi connectivity index (χ3v) is 3.67. The first kappa shape index (κ1) is 21.8. The summed E-state index contributed by atoms with van der Waals surface area (Å²) in [6.07, 6.45) is -5.05. The van der Waals surface area contributed by atoms with E-state index >= 15 is 0 Å². The van der Waals surface area contributed by atoms with Crippen molar-refractivity contribution in [1.82, 2.24) is 15.4 Å². The summed E-state index contributed by atoms with van der Waals surface area (Å²) >= 11 is 0. The number of hydrogen-bond acceptors (Lipinski definition) is 6. The van der Waals surface area contributed by atoms with Gasteiger partial charge in [-0.25, -0.2) is 9.49 Å². The van der Waals surface area contributed by atoms with E-state index in [0.717, 1.165) is 24.3 Å². The SMILES string of the molecule is N#Cc1[nH]nnc1-c1cc(OCc2ccc(OC(F)(F)F)c(F)c2)cc(OC(F)F)c1. The number of hydrogen-bond donors (Lipinski definition) is 1. The number of benzene rings is 2. The summed E-state index contributed by atoms with van der Waals surface area (Å²) in [6, 6.07) is 8.11. The highest BCUT2D eigenvalue weighted by molar-refractivity contribution is 5.67. The Balaban J connectivity index is 1.83. The average Bonchev–Trinajstić information content (AvgIpc) is 3.15. The molecule has 7 nitrogen and oxygen atoms in total. The second kappa shape index (κ2) is 8.82. The van der Waals surface area contributed by atoms with Crippen LogP contribution in [-0.2, 0) is 6.61 Å². The minimum absolute atomic E-state index is 0.0175. The van der Waals surface area contributed by atoms with Crippen molar-refractivity contribution in [2.45, 2.75) is 19.6 Å². The van der Waals surface area contributed by atoms with Gasteiger partial charge in [0.2, 0.25) is 0 Å². The molecular formula is C18H10F6N4O3. The fourth-order valence-electron chi connectivity index (χ4n) is 2.48. The molecule has 2 aromatic carbocycles. The molecule has 0 radical (unpaired) electrons. The number of halogens is 6. The third-order valence-electron chi connectivity index (χ3n) is 3.67. The molecule has 13 heteroatoms. The van der Waals surface area contributed by atoms with E-state index in [1.807, 2.05) is 0 Å². The van der Waals surface area contributed by atoms with Crippen LogP contribution in [0, 0.1) is 17.1 Å². The fraction of sp³-hybridized carbons (Fsp3) is 0.167. The highest BCUT2D eigenvalue weighted by Crippen LogP contribution is 2.32. The van der Waals surface area contributed by atoms with E-state index < -0.39 is 24.5 Å². The van der Waals surface area contributed by atoms with E-state index in [-0.39, 0.29) is 40.6 Å². The number of aromatic amines is 1. The first-order chi connectivity index (χ1) is 14.6. The Hall–Kier alpha value is -3.95. The quantitative estimate of drug-likeness (QED) is 0.537. The van der Waals surface area contributed by atoms with Gasteiger partial charge in [0, 0.05) is 11.6 Å². The van der Waals surface area contributed by atoms with Gasteiger partial charge in [-0.15, -0.1) is 18.3 Å². The van der Waals surface area contributed by atoms with Gasteiger partial charge in [-0.2, -0.15) is 14.0 Å². The summed E-state index contributed by atoms with van der Waals surface area (Å²) in [6.45, 7) is -3.48. The molecule has 0 aliphatic carbocycles. The number of nitrogens with one attached hydrogen (secondary N) is 1. The summed E-state index contributed by atoms with van der Waals surface area (Å²) < 4.78 is 89.1. The van der Waals surface area contributed by atoms with Gasteiger partial charge in [-0.1, -0.05) is 11.3 Å². The van der Waals surface area contributed by atoms with Crippen molar-refractivity contribution in [2.24, 2.45) is 0 Å². The molecule has 0 bridgehead atoms. The normalized spacial score (nSPS) is 11.3. The molecule has 3 rings (SSSR count). The van der Waals surface area contributed by atoms with Crippen molar-refractivity contribution in [3.8, 4) is 34.6 Å². The van der Waals surface area contributed by atoms with E-state index in [2.05, 4.69) is 24.9 Å². The molecule has 162 valence electrons. The first-order valence-corrected chi connectivity index (χ1v) is 8.23. The van der Waals surface area contributed by atoms with Gasteiger partial charge in [0.05, 0.1) is 0 Å². The lowest BCUT2D eigenvalue weighted by atomic mass is 10.1. The Labute approximate surface area is 169 Å². The number of alkyl halides is 5. The smallest absolute Gasteiger partial charge is 0.489 e. The van der Waals surface area contributed by atoms with Crippen LogP contribution in [0.2, 0.25) is 0 Å². The molecule has 0 saturated carbocycles. The number of H-pyrrole nitrogens is 1. The maximum atomic E-state index is 13.8. The van der Waals surface area contributed by atoms with Crippen LogP contribution in [0.5, 0.6) is 17.2 Å². The Kier molecular flexibility index (Phi) is 6.19. The van der Waals surface area contributed by atoms with Gasteiger partial charge in [0.1, 0.15) is 29.9 Å². The van der Waals surface area contributed by atoms with Crippen LogP contribution < -0.4 is 14.2 Å². The van der Waals surface area contributed by atoms with Gasteiger partial charge < -0.3 is 14.2 Å². The summed E-state index contributed by atoms with van der Waals surface area (Å²) in [7, 11) is 0. The molecule has 0 spiro atoms. The third kappa shape index (κ3) is 5.78. The predicted octanol–water partition coefficient (Wildman–Crippen LogP) is 4.56. The largest absolute Gasteiger partial charge is 0.573 e. The number of ether oxygens (including phenoxy) is 3. The molecule has 0 saturated heterocycles. The highest BCUT2D eigenvalue weighted by Gasteiger charge is 2.32. The first-order valence-electron chi connectivity index (χ1n) is 8.23. The van der Waals surface area contributed by atoms with Crippen LogP contribution in [0.3, 0.4) is 0 Å². The van der Waals surface area contributed by atoms with Crippen molar-refractivity contribution in [3.63, 3.8) is 0 Å². The van der Waals surface area contributed by atoms with Crippen molar-refractivity contribution >= 4 is 0 Å². The van der Waals surface area contributed by atoms with E-state index in [0.29, 0.717) is 0 Å². The molecule has 31 heavy (non-hydrogen) atoms. The summed E-state index contributed by atoms with van der Waals surface area (Å²) in [5.74, 6) is -2.61. The molecule has 0 fully saturated rings. The Morgan fingerprint density at radius 3 is 2.48 bits per heavy atom. The molecular weight excluding hydrogens is 434 g/mol. The molecule has 0 unspecified atom stereocenters. The molecule has 0 amide bonds. The van der Waals surface area contributed by atoms with Gasteiger partial charge >= 0.3 is 13.0 Å². The standard InChI is InChI=1S/C18H10F6N4O3/c19-13-3-9(1-2-15(13)31-18(22,23)24)8-29-11-4-10(5-12(6-11)30-17(20)21)16-14(7-25)26-28-27-16/h1-6,17H,8H2,(H,26,27,28). The minimum Gasteiger partial charge on any atom is -0.489 e. The average molecular weight is 444 g/mol. The number of rotatable bonds is 7. The van der Waals surface area contributed by atoms with E-state index in [1.165, 1.54) is 12.1 Å². The van der Waals surface area contributed by atoms with E-state index in [1.54, 1.807) is 6.07 Å². The van der Waals surface area contributed by atoms with Crippen molar-refractivity contribution < 1.29 is 40.6 Å². The molecule has 0 atom stereocenters. The molecule has 0 aliphatic rings. The number of nitrogens with zero attached hydrogens (tertiary/aromatic N) is 3. The second-order valence-corrected chi connectivity index (χ2v) is 5.82. The van der Waals surface area contributed by atoms with Crippen LogP contribution in [0.1, 0.15) is 11.3 Å². The summed E-state index contributed by atoms with van der Waals surface area (Å²) in [5.41, 5.74) is 0.306. The van der Waals surface area contributed by atoms with Crippen LogP contribution >= 0.6 is 0 Å². The highest BCUT2D eigenvalue weighted by atomic mass is 19.4. The maximum absolute atomic E-state index is 13.8. The van der Waals surface area contributed by atoms with Gasteiger partial charge in [0.25, 0.3) is 0 Å². The molecule has 1 heterocycles. The van der Waals surface area contributed by atoms with E-state index in [9.17, 15) is 26.3 Å². The minimum atomic E-state index is -5.05. The van der Waals surface area contributed by atoms with Crippen LogP contribution in [-0.4, -0.2) is 28.4 Å². The molecule has 3 aromatic rings. The lowest BCUT2D eigenvalue weighted by molar-refractivity contribution is -0.275. The number of nitriles is 1. The topological polar surface area (TPSA) is 93.1 Å². The molecule has 1 aromatic heterocycles. The van der Waals surface area contributed by atoms with Gasteiger partial charge in [-0.05, 0) is 29.8 Å². The monoisotopic (exact) mass is 444 g/mol. The lowest BCUT2D eigenvalue weighted by Gasteiger charge is -2.13. The molecule has 0 aliphatic heterocycles. The van der Waals surface area contributed by atoms with Crippen molar-refractivity contribution in [1.29, 1.82) is 5.26 Å². The zero-order valence-electron chi connectivity index (χ0n) is 15.1. The number of aromatic nitrogens is 3. The van der Waals surface area contributed by atoms with Gasteiger partial charge in [-0.3, -0.25) is 0 Å². The van der Waals surface area contributed by atoms with Crippen molar-refractivity contribution in [2.75, 3.05) is 0 Å². The van der Waals surface area contributed by atoms with Crippen LogP contribution in [0.25, 0.3) is 11.3 Å². The zero-order chi connectivity index (χ0) is 22.6. The predicted molar refractivity (Wildman–Crippen MR) is 90.6 cm³/mol. The Bertz CT molecular complexity index is 1110. The van der Waals surface area contributed by atoms with Crippen molar-refractivity contribution in [3.05, 3.63) is 53.5 Å². The zero-order valence-corrected chi connectivity index (χ0v) is 15.1. The Morgan fingerprint density at radius 1 is 1.10 bits per heavy atom. The van der Waals surface area contributed by atoms with Crippen LogP contribution in [0.4, 0.5) is 26.3 Å². The maximum Gasteiger partial charge on any atom is 0.573 e. The molecule has 1 N–H and O–H groups in total.